The molecule has 2 amide bonds. The zero-order valence-corrected chi connectivity index (χ0v) is 19.2. The Kier molecular flexibility index (Phi) is 8.45. The molecule has 1 heterocycles. The Hall–Kier alpha value is -2.67. The van der Waals surface area contributed by atoms with Crippen LogP contribution in [0.3, 0.4) is 0 Å². The van der Waals surface area contributed by atoms with E-state index in [1.54, 1.807) is 29.2 Å². The maximum Gasteiger partial charge on any atom is 0.321 e. The molecule has 0 aromatic heterocycles. The lowest BCUT2D eigenvalue weighted by atomic mass is 9.92. The maximum absolute atomic E-state index is 13.4. The molecule has 9 nitrogen and oxygen atoms in total. The zero-order chi connectivity index (χ0) is 23.1. The third-order valence-electron chi connectivity index (χ3n) is 4.95. The molecule has 170 valence electrons. The van der Waals surface area contributed by atoms with Crippen LogP contribution < -0.4 is 20.7 Å². The van der Waals surface area contributed by atoms with E-state index in [1.807, 2.05) is 5.48 Å². The Morgan fingerprint density at radius 3 is 2.41 bits per heavy atom. The number of ketones is 1. The van der Waals surface area contributed by atoms with Crippen LogP contribution >= 0.6 is 28.1 Å². The number of nitrogens with one attached hydrogen (secondary N) is 3. The van der Waals surface area contributed by atoms with Gasteiger partial charge >= 0.3 is 6.03 Å². The summed E-state index contributed by atoms with van der Waals surface area (Å²) in [5.74, 6) is -1.45. The summed E-state index contributed by atoms with van der Waals surface area (Å²) < 4.78 is 16.5. The number of aliphatic imine (C=N–C) groups is 1. The standard InChI is InChI=1S/C20H22BrFN6O3S/c21-16-11-15(5-6-17(16)22)24-19(26-31)18(29)12-7-9-28(10-8-12)20(30)25-13-1-3-14(4-2-13)27-32-23/h1-6,11-12,27,31H,7-10,23H2,(H,24,26)(H,25,30). The molecular formula is C20H22BrFN6O3S. The van der Waals surface area contributed by atoms with Crippen molar-refractivity contribution in [3.05, 3.63) is 52.8 Å². The van der Waals surface area contributed by atoms with Crippen LogP contribution in [0.1, 0.15) is 12.8 Å². The van der Waals surface area contributed by atoms with Gasteiger partial charge in [-0.25, -0.2) is 19.7 Å². The Bertz CT molecular complexity index is 999. The first-order valence-corrected chi connectivity index (χ1v) is 11.3. The topological polar surface area (TPSA) is 132 Å². The quantitative estimate of drug-likeness (QED) is 0.166. The number of amides is 2. The van der Waals surface area contributed by atoms with E-state index in [1.165, 1.54) is 18.2 Å². The molecule has 0 unspecified atom stereocenters. The smallest absolute Gasteiger partial charge is 0.321 e. The lowest BCUT2D eigenvalue weighted by molar-refractivity contribution is -0.118. The van der Waals surface area contributed by atoms with Gasteiger partial charge in [0.05, 0.1) is 10.2 Å². The predicted molar refractivity (Wildman–Crippen MR) is 126 cm³/mol. The summed E-state index contributed by atoms with van der Waals surface area (Å²) in [4.78, 5) is 31.0. The number of carbonyl (C=O) groups is 2. The highest BCUT2D eigenvalue weighted by Gasteiger charge is 2.30. The van der Waals surface area contributed by atoms with Crippen LogP contribution in [0.4, 0.5) is 26.2 Å². The third-order valence-corrected chi connectivity index (χ3v) is 5.91. The van der Waals surface area contributed by atoms with E-state index >= 15 is 0 Å². The third kappa shape index (κ3) is 6.19. The number of halogens is 2. The number of likely N-dealkylation sites (tertiary alicyclic amines) is 1. The first-order valence-electron chi connectivity index (χ1n) is 9.67. The number of anilines is 2. The number of carbonyl (C=O) groups excluding carboxylic acids is 2. The number of Topliss-reactive ketones (excluding diaryl/α,β-unsaturated/α-hetero) is 1. The van der Waals surface area contributed by atoms with Crippen molar-refractivity contribution in [2.45, 2.75) is 12.8 Å². The molecule has 2 aromatic carbocycles. The van der Waals surface area contributed by atoms with E-state index in [4.69, 9.17) is 5.14 Å². The Morgan fingerprint density at radius 2 is 1.81 bits per heavy atom. The van der Waals surface area contributed by atoms with Crippen molar-refractivity contribution >= 4 is 62.8 Å². The number of urea groups is 1. The largest absolute Gasteiger partial charge is 0.324 e. The molecule has 1 aliphatic rings. The SMILES string of the molecule is NSNc1ccc(NC(=O)N2CCC(C(=O)C(=Nc3ccc(F)c(Br)c3)NO)CC2)cc1. The number of nitrogens with zero attached hydrogens (tertiary/aromatic N) is 2. The fourth-order valence-corrected chi connectivity index (χ4v) is 3.89. The van der Waals surface area contributed by atoms with E-state index in [0.29, 0.717) is 37.3 Å². The number of hydroxylamine groups is 1. The fraction of sp³-hybridized carbons (Fsp3) is 0.250. The molecule has 1 aliphatic heterocycles. The first-order chi connectivity index (χ1) is 15.4. The maximum atomic E-state index is 13.4. The predicted octanol–water partition coefficient (Wildman–Crippen LogP) is 4.04. The second kappa shape index (κ2) is 11.3. The van der Waals surface area contributed by atoms with Crippen LogP contribution in [0.15, 0.2) is 51.9 Å². The summed E-state index contributed by atoms with van der Waals surface area (Å²) in [5.41, 5.74) is 3.62. The first kappa shape index (κ1) is 24.0. The van der Waals surface area contributed by atoms with Crippen LogP contribution in [0.5, 0.6) is 0 Å². The van der Waals surface area contributed by atoms with E-state index in [0.717, 1.165) is 17.8 Å². The number of hydrogen-bond donors (Lipinski definition) is 5. The molecule has 1 fully saturated rings. The minimum absolute atomic E-state index is 0.201. The van der Waals surface area contributed by atoms with Gasteiger partial charge in [0.15, 0.2) is 5.84 Å². The number of rotatable bonds is 6. The van der Waals surface area contributed by atoms with E-state index < -0.39 is 11.7 Å². The van der Waals surface area contributed by atoms with Gasteiger partial charge in [0.1, 0.15) is 5.82 Å². The van der Waals surface area contributed by atoms with Crippen molar-refractivity contribution in [1.29, 1.82) is 0 Å². The Balaban J connectivity index is 1.56. The summed E-state index contributed by atoms with van der Waals surface area (Å²) >= 11 is 4.05. The lowest BCUT2D eigenvalue weighted by Crippen LogP contribution is -2.44. The number of hydrogen-bond acceptors (Lipinski definition) is 7. The minimum atomic E-state index is -0.457. The van der Waals surface area contributed by atoms with Gasteiger partial charge in [-0.1, -0.05) is 0 Å². The molecule has 2 aromatic rings. The number of benzene rings is 2. The molecule has 6 N–H and O–H groups in total. The van der Waals surface area contributed by atoms with Crippen molar-refractivity contribution in [3.63, 3.8) is 0 Å². The van der Waals surface area contributed by atoms with Crippen molar-refractivity contribution in [2.75, 3.05) is 23.1 Å². The van der Waals surface area contributed by atoms with Crippen LogP contribution in [0.2, 0.25) is 0 Å². The van der Waals surface area contributed by atoms with Gasteiger partial charge in [-0.05, 0) is 71.2 Å². The highest BCUT2D eigenvalue weighted by molar-refractivity contribution is 9.10. The Morgan fingerprint density at radius 1 is 1.16 bits per heavy atom. The van der Waals surface area contributed by atoms with E-state index in [-0.39, 0.29) is 22.1 Å². The molecular weight excluding hydrogens is 503 g/mol. The molecule has 0 atom stereocenters. The average molecular weight is 525 g/mol. The van der Waals surface area contributed by atoms with Gasteiger partial charge in [-0.15, -0.1) is 0 Å². The highest BCUT2D eigenvalue weighted by atomic mass is 79.9. The summed E-state index contributed by atoms with van der Waals surface area (Å²) in [6.07, 6.45) is 0.854. The summed E-state index contributed by atoms with van der Waals surface area (Å²) in [6, 6.07) is 10.9. The van der Waals surface area contributed by atoms with Crippen molar-refractivity contribution in [2.24, 2.45) is 16.0 Å². The monoisotopic (exact) mass is 524 g/mol. The van der Waals surface area contributed by atoms with E-state index in [9.17, 15) is 19.2 Å². The molecule has 0 bridgehead atoms. The summed E-state index contributed by atoms with van der Waals surface area (Å²) in [6.45, 7) is 0.763. The van der Waals surface area contributed by atoms with Crippen molar-refractivity contribution in [1.82, 2.24) is 10.4 Å². The molecule has 0 spiro atoms. The summed E-state index contributed by atoms with van der Waals surface area (Å²) in [7, 11) is 0. The second-order valence-corrected chi connectivity index (χ2v) is 8.32. The molecule has 12 heteroatoms. The second-order valence-electron chi connectivity index (χ2n) is 7.02. The number of nitrogens with two attached hydrogens (primary N) is 1. The van der Waals surface area contributed by atoms with Gasteiger partial charge in [0.25, 0.3) is 0 Å². The van der Waals surface area contributed by atoms with Crippen LogP contribution in [-0.4, -0.2) is 40.8 Å². The van der Waals surface area contributed by atoms with Gasteiger partial charge in [-0.2, -0.15) is 0 Å². The fourth-order valence-electron chi connectivity index (χ4n) is 3.25. The molecule has 0 saturated carbocycles. The minimum Gasteiger partial charge on any atom is -0.324 e. The van der Waals surface area contributed by atoms with Crippen LogP contribution in [-0.2, 0) is 4.79 Å². The average Bonchev–Trinajstić information content (AvgIpc) is 2.81. The van der Waals surface area contributed by atoms with E-state index in [2.05, 4.69) is 31.0 Å². The molecule has 0 radical (unpaired) electrons. The van der Waals surface area contributed by atoms with Crippen molar-refractivity contribution < 1.29 is 19.2 Å². The molecule has 32 heavy (non-hydrogen) atoms. The van der Waals surface area contributed by atoms with Gasteiger partial charge < -0.3 is 14.9 Å². The highest BCUT2D eigenvalue weighted by Crippen LogP contribution is 2.24. The van der Waals surface area contributed by atoms with Crippen LogP contribution in [0, 0.1) is 11.7 Å². The van der Waals surface area contributed by atoms with Crippen LogP contribution in [0.25, 0.3) is 0 Å². The normalized spacial score (nSPS) is 14.8. The molecule has 3 rings (SSSR count). The van der Waals surface area contributed by atoms with Gasteiger partial charge in [0, 0.05) is 42.5 Å². The van der Waals surface area contributed by atoms with Gasteiger partial charge in [-0.3, -0.25) is 15.1 Å². The Labute approximate surface area is 197 Å². The zero-order valence-electron chi connectivity index (χ0n) is 16.8. The summed E-state index contributed by atoms with van der Waals surface area (Å²) in [5, 5.41) is 17.6. The molecule has 1 saturated heterocycles. The number of amidine groups is 1. The number of piperidine rings is 1. The van der Waals surface area contributed by atoms with Crippen molar-refractivity contribution in [3.8, 4) is 0 Å². The lowest BCUT2D eigenvalue weighted by Gasteiger charge is -2.31. The van der Waals surface area contributed by atoms with Gasteiger partial charge in [0.2, 0.25) is 5.78 Å². The molecule has 0 aliphatic carbocycles.